The molecule has 0 amide bonds. The number of fused-ring (bicyclic) bond motifs is 5. The highest BCUT2D eigenvalue weighted by Crippen LogP contribution is 2.48. The van der Waals surface area contributed by atoms with E-state index in [-0.39, 0.29) is 5.41 Å². The second-order valence-electron chi connectivity index (χ2n) is 10.1. The van der Waals surface area contributed by atoms with Gasteiger partial charge in [-0.25, -0.2) is 15.0 Å². The minimum absolute atomic E-state index is 0.0631. The summed E-state index contributed by atoms with van der Waals surface area (Å²) in [5, 5.41) is 1.15. The molecule has 0 aliphatic carbocycles. The third kappa shape index (κ3) is 4.24. The van der Waals surface area contributed by atoms with Crippen LogP contribution >= 0.6 is 11.3 Å². The van der Waals surface area contributed by atoms with Crippen LogP contribution in [-0.4, -0.2) is 34.6 Å². The molecule has 6 heteroatoms. The van der Waals surface area contributed by atoms with E-state index in [0.29, 0.717) is 6.61 Å². The second-order valence-corrected chi connectivity index (χ2v) is 11.1. The molecule has 4 heterocycles. The highest BCUT2D eigenvalue weighted by molar-refractivity contribution is 7.26. The molecule has 178 valence electrons. The highest BCUT2D eigenvalue weighted by Gasteiger charge is 2.33. The molecule has 0 radical (unpaired) electrons. The van der Waals surface area contributed by atoms with Crippen LogP contribution in [0, 0.1) is 5.41 Å². The minimum Gasteiger partial charge on any atom is -0.490 e. The number of unbranched alkanes of at least 4 members (excludes halogenated alkanes) is 2. The fourth-order valence-corrected chi connectivity index (χ4v) is 5.98. The quantitative estimate of drug-likeness (QED) is 0.269. The van der Waals surface area contributed by atoms with Gasteiger partial charge >= 0.3 is 0 Å². The molecule has 0 saturated heterocycles. The highest BCUT2D eigenvalue weighted by atomic mass is 32.1. The Morgan fingerprint density at radius 1 is 1.03 bits per heavy atom. The molecule has 0 atom stereocenters. The number of rotatable bonds is 8. The van der Waals surface area contributed by atoms with Crippen molar-refractivity contribution in [2.45, 2.75) is 59.8 Å². The molecule has 0 spiro atoms. The van der Waals surface area contributed by atoms with E-state index in [1.165, 1.54) is 18.4 Å². The van der Waals surface area contributed by atoms with E-state index in [1.807, 2.05) is 6.07 Å². The first-order valence-corrected chi connectivity index (χ1v) is 13.4. The van der Waals surface area contributed by atoms with Gasteiger partial charge in [-0.2, -0.15) is 0 Å². The van der Waals surface area contributed by atoms with Crippen molar-refractivity contribution in [3.63, 3.8) is 0 Å². The number of thiophene rings is 1. The van der Waals surface area contributed by atoms with Gasteiger partial charge in [-0.05, 0) is 19.3 Å². The average Bonchev–Trinajstić information content (AvgIpc) is 3.23. The zero-order valence-electron chi connectivity index (χ0n) is 20.7. The Labute approximate surface area is 206 Å². The number of ether oxygens (including phenoxy) is 1. The standard InChI is InChI=1S/C28H34N4OS/c1-5-7-14-32(15-8-6-2)26-25-23(29-18-30-26)21-20-16-28(3,4)17-33-24(20)22(31-27(21)34-25)19-12-10-9-11-13-19/h9-13,18H,5-8,14-17H2,1-4H3. The molecule has 0 bridgehead atoms. The van der Waals surface area contributed by atoms with Crippen molar-refractivity contribution in [1.82, 2.24) is 15.0 Å². The summed E-state index contributed by atoms with van der Waals surface area (Å²) in [5.74, 6) is 1.98. The molecular formula is C28H34N4OS. The smallest absolute Gasteiger partial charge is 0.150 e. The van der Waals surface area contributed by atoms with E-state index >= 15 is 0 Å². The molecule has 0 unspecified atom stereocenters. The van der Waals surface area contributed by atoms with Gasteiger partial charge in [0.2, 0.25) is 0 Å². The predicted molar refractivity (Wildman–Crippen MR) is 143 cm³/mol. The van der Waals surface area contributed by atoms with Crippen LogP contribution in [0.25, 0.3) is 31.7 Å². The molecule has 5 nitrogen and oxygen atoms in total. The van der Waals surface area contributed by atoms with E-state index in [0.717, 1.165) is 75.6 Å². The Morgan fingerprint density at radius 3 is 2.47 bits per heavy atom. The number of hydrogen-bond donors (Lipinski definition) is 0. The van der Waals surface area contributed by atoms with Crippen LogP contribution in [0.15, 0.2) is 36.7 Å². The number of pyridine rings is 1. The Kier molecular flexibility index (Phi) is 6.43. The van der Waals surface area contributed by atoms with Gasteiger partial charge in [-0.3, -0.25) is 0 Å². The summed E-state index contributed by atoms with van der Waals surface area (Å²) in [4.78, 5) is 18.3. The maximum Gasteiger partial charge on any atom is 0.150 e. The fraction of sp³-hybridized carbons (Fsp3) is 0.464. The molecule has 0 N–H and O–H groups in total. The third-order valence-electron chi connectivity index (χ3n) is 6.61. The van der Waals surface area contributed by atoms with Gasteiger partial charge in [-0.15, -0.1) is 11.3 Å². The molecule has 0 fully saturated rings. The first-order valence-electron chi connectivity index (χ1n) is 12.6. The van der Waals surface area contributed by atoms with Gasteiger partial charge in [0.15, 0.2) is 0 Å². The Bertz CT molecular complexity index is 1290. The van der Waals surface area contributed by atoms with E-state index < -0.39 is 0 Å². The van der Waals surface area contributed by atoms with Crippen molar-refractivity contribution in [3.05, 3.63) is 42.2 Å². The number of aromatic nitrogens is 3. The van der Waals surface area contributed by atoms with Crippen LogP contribution in [0.5, 0.6) is 5.75 Å². The molecule has 5 rings (SSSR count). The molecule has 1 aliphatic heterocycles. The van der Waals surface area contributed by atoms with Crippen molar-refractivity contribution < 1.29 is 4.74 Å². The lowest BCUT2D eigenvalue weighted by Gasteiger charge is -2.32. The summed E-state index contributed by atoms with van der Waals surface area (Å²) in [7, 11) is 0. The number of benzene rings is 1. The number of anilines is 1. The van der Waals surface area contributed by atoms with Gasteiger partial charge in [0.05, 0.1) is 16.8 Å². The van der Waals surface area contributed by atoms with Crippen molar-refractivity contribution >= 4 is 37.6 Å². The third-order valence-corrected chi connectivity index (χ3v) is 7.68. The monoisotopic (exact) mass is 474 g/mol. The van der Waals surface area contributed by atoms with E-state index in [9.17, 15) is 0 Å². The molecular weight excluding hydrogens is 440 g/mol. The average molecular weight is 475 g/mol. The fourth-order valence-electron chi connectivity index (χ4n) is 4.80. The van der Waals surface area contributed by atoms with E-state index in [2.05, 4.69) is 56.9 Å². The summed E-state index contributed by atoms with van der Waals surface area (Å²) < 4.78 is 7.57. The molecule has 3 aromatic heterocycles. The van der Waals surface area contributed by atoms with Crippen molar-refractivity contribution in [3.8, 4) is 17.0 Å². The lowest BCUT2D eigenvalue weighted by Crippen LogP contribution is -2.29. The van der Waals surface area contributed by atoms with Gasteiger partial charge in [-0.1, -0.05) is 70.9 Å². The normalized spacial score (nSPS) is 14.8. The van der Waals surface area contributed by atoms with E-state index in [4.69, 9.17) is 19.7 Å². The topological polar surface area (TPSA) is 51.1 Å². The molecule has 1 aliphatic rings. The van der Waals surface area contributed by atoms with Gasteiger partial charge < -0.3 is 9.64 Å². The first kappa shape index (κ1) is 23.0. The van der Waals surface area contributed by atoms with Crippen LogP contribution in [0.3, 0.4) is 0 Å². The van der Waals surface area contributed by atoms with Crippen molar-refractivity contribution in [1.29, 1.82) is 0 Å². The molecule has 4 aromatic rings. The Morgan fingerprint density at radius 2 is 1.76 bits per heavy atom. The molecule has 0 saturated carbocycles. The summed E-state index contributed by atoms with van der Waals surface area (Å²) in [5.41, 5.74) is 4.36. The van der Waals surface area contributed by atoms with Crippen LogP contribution in [0.4, 0.5) is 5.82 Å². The van der Waals surface area contributed by atoms with Crippen LogP contribution in [0.1, 0.15) is 58.9 Å². The summed E-state index contributed by atoms with van der Waals surface area (Å²) in [6.45, 7) is 11.8. The predicted octanol–water partition coefficient (Wildman–Crippen LogP) is 7.27. The molecule has 34 heavy (non-hydrogen) atoms. The summed E-state index contributed by atoms with van der Waals surface area (Å²) in [6.07, 6.45) is 7.35. The van der Waals surface area contributed by atoms with Gasteiger partial charge in [0.25, 0.3) is 0 Å². The van der Waals surface area contributed by atoms with Crippen molar-refractivity contribution in [2.75, 3.05) is 24.6 Å². The maximum absolute atomic E-state index is 6.42. The summed E-state index contributed by atoms with van der Waals surface area (Å²) >= 11 is 1.73. The summed E-state index contributed by atoms with van der Waals surface area (Å²) in [6, 6.07) is 10.4. The first-order chi connectivity index (χ1) is 16.5. The van der Waals surface area contributed by atoms with Crippen LogP contribution < -0.4 is 9.64 Å². The largest absolute Gasteiger partial charge is 0.490 e. The van der Waals surface area contributed by atoms with Crippen molar-refractivity contribution in [2.24, 2.45) is 5.41 Å². The van der Waals surface area contributed by atoms with Crippen LogP contribution in [-0.2, 0) is 6.42 Å². The molecule has 1 aromatic carbocycles. The minimum atomic E-state index is 0.0631. The number of hydrogen-bond acceptors (Lipinski definition) is 6. The van der Waals surface area contributed by atoms with Gasteiger partial charge in [0, 0.05) is 35.0 Å². The Hall–Kier alpha value is -2.73. The SMILES string of the molecule is CCCCN(CCCC)c1ncnc2c1sc1nc(-c3ccccc3)c3c(c12)CC(C)(C)CO3. The zero-order valence-corrected chi connectivity index (χ0v) is 21.5. The second kappa shape index (κ2) is 9.49. The maximum atomic E-state index is 6.42. The number of nitrogens with zero attached hydrogens (tertiary/aromatic N) is 4. The zero-order chi connectivity index (χ0) is 23.7. The van der Waals surface area contributed by atoms with E-state index in [1.54, 1.807) is 17.7 Å². The van der Waals surface area contributed by atoms with Crippen LogP contribution in [0.2, 0.25) is 0 Å². The lowest BCUT2D eigenvalue weighted by molar-refractivity contribution is 0.156. The van der Waals surface area contributed by atoms with Gasteiger partial charge in [0.1, 0.15) is 28.4 Å². The lowest BCUT2D eigenvalue weighted by atomic mass is 9.83. The Balaban J connectivity index is 1.75.